The second kappa shape index (κ2) is 11.1. The molecule has 4 aromatic carbocycles. The Balaban J connectivity index is 1.37. The Morgan fingerprint density at radius 2 is 1.46 bits per heavy atom. The van der Waals surface area contributed by atoms with Crippen LogP contribution in [-0.4, -0.2) is 19.6 Å². The zero-order valence-electron chi connectivity index (χ0n) is 21.8. The normalized spacial score (nSPS) is 10.7. The number of ether oxygens (including phenoxy) is 3. The Kier molecular flexibility index (Phi) is 7.32. The molecule has 39 heavy (non-hydrogen) atoms. The maximum Gasteiger partial charge on any atom is 0.262 e. The lowest BCUT2D eigenvalue weighted by molar-refractivity contribution is -0.118. The monoisotopic (exact) mass is 521 g/mol. The van der Waals surface area contributed by atoms with E-state index < -0.39 is 5.91 Å². The summed E-state index contributed by atoms with van der Waals surface area (Å²) in [5.74, 6) is 1.81. The maximum atomic E-state index is 13.5. The fourth-order valence-corrected chi connectivity index (χ4v) is 4.06. The second-order valence-electron chi connectivity index (χ2n) is 9.03. The van der Waals surface area contributed by atoms with Gasteiger partial charge in [0.1, 0.15) is 22.8 Å². The molecule has 0 fully saturated rings. The van der Waals surface area contributed by atoms with Gasteiger partial charge in [0.15, 0.2) is 12.4 Å². The minimum Gasteiger partial charge on any atom is -0.497 e. The fourth-order valence-electron chi connectivity index (χ4n) is 4.06. The average molecular weight is 522 g/mol. The number of carbonyl (C=O) groups excluding carboxylic acids is 1. The number of amides is 1. The number of benzene rings is 4. The lowest BCUT2D eigenvalue weighted by Crippen LogP contribution is -2.22. The summed E-state index contributed by atoms with van der Waals surface area (Å²) in [6.07, 6.45) is 0. The minimum absolute atomic E-state index is 0.0299. The molecule has 0 bridgehead atoms. The van der Waals surface area contributed by atoms with Gasteiger partial charge in [0.2, 0.25) is 11.2 Å². The molecule has 7 heteroatoms. The SMILES string of the molecule is COc1ccc(-c2oc3cc(C)c(C)cc3c(=O)c2OCC(=O)Nc2ccc(Oc3ccccc3)cc2)cc1. The van der Waals surface area contributed by atoms with Crippen LogP contribution in [0.15, 0.2) is 100 Å². The Morgan fingerprint density at radius 3 is 2.15 bits per heavy atom. The lowest BCUT2D eigenvalue weighted by Gasteiger charge is -2.13. The summed E-state index contributed by atoms with van der Waals surface area (Å²) < 4.78 is 23.0. The molecule has 0 spiro atoms. The summed E-state index contributed by atoms with van der Waals surface area (Å²) in [6, 6.07) is 27.1. The van der Waals surface area contributed by atoms with Gasteiger partial charge < -0.3 is 23.9 Å². The number of anilines is 1. The largest absolute Gasteiger partial charge is 0.497 e. The number of aryl methyl sites for hydroxylation is 2. The van der Waals surface area contributed by atoms with Crippen LogP contribution < -0.4 is 25.0 Å². The fraction of sp³-hybridized carbons (Fsp3) is 0.125. The first-order chi connectivity index (χ1) is 18.9. The second-order valence-corrected chi connectivity index (χ2v) is 9.03. The zero-order chi connectivity index (χ0) is 27.4. The van der Waals surface area contributed by atoms with Crippen molar-refractivity contribution in [3.8, 4) is 34.3 Å². The predicted octanol–water partition coefficient (Wildman–Crippen LogP) is 6.90. The molecule has 5 aromatic rings. The van der Waals surface area contributed by atoms with Crippen LogP contribution in [0.25, 0.3) is 22.3 Å². The van der Waals surface area contributed by atoms with Gasteiger partial charge >= 0.3 is 0 Å². The van der Waals surface area contributed by atoms with Crippen molar-refractivity contribution in [2.75, 3.05) is 19.0 Å². The highest BCUT2D eigenvalue weighted by Crippen LogP contribution is 2.33. The summed E-state index contributed by atoms with van der Waals surface area (Å²) in [7, 11) is 1.58. The summed E-state index contributed by atoms with van der Waals surface area (Å²) in [4.78, 5) is 26.3. The summed E-state index contributed by atoms with van der Waals surface area (Å²) in [5, 5.41) is 3.17. The van der Waals surface area contributed by atoms with Gasteiger partial charge in [0.25, 0.3) is 5.91 Å². The molecule has 1 aromatic heterocycles. The van der Waals surface area contributed by atoms with Crippen molar-refractivity contribution in [2.45, 2.75) is 13.8 Å². The van der Waals surface area contributed by atoms with Crippen molar-refractivity contribution in [2.24, 2.45) is 0 Å². The van der Waals surface area contributed by atoms with E-state index in [-0.39, 0.29) is 23.5 Å². The maximum absolute atomic E-state index is 13.5. The van der Waals surface area contributed by atoms with Crippen molar-refractivity contribution in [1.82, 2.24) is 0 Å². The third-order valence-corrected chi connectivity index (χ3v) is 6.28. The zero-order valence-corrected chi connectivity index (χ0v) is 21.8. The Morgan fingerprint density at radius 1 is 0.821 bits per heavy atom. The number of hydrogen-bond acceptors (Lipinski definition) is 6. The van der Waals surface area contributed by atoms with Gasteiger partial charge in [-0.2, -0.15) is 0 Å². The minimum atomic E-state index is -0.424. The van der Waals surface area contributed by atoms with Gasteiger partial charge in [-0.15, -0.1) is 0 Å². The molecule has 1 heterocycles. The molecule has 0 atom stereocenters. The van der Waals surface area contributed by atoms with E-state index in [4.69, 9.17) is 18.6 Å². The number of methoxy groups -OCH3 is 1. The Hall–Kier alpha value is -5.04. The van der Waals surface area contributed by atoms with Crippen molar-refractivity contribution in [1.29, 1.82) is 0 Å². The average Bonchev–Trinajstić information content (AvgIpc) is 2.95. The third kappa shape index (κ3) is 5.78. The number of carbonyl (C=O) groups is 1. The summed E-state index contributed by atoms with van der Waals surface area (Å²) in [6.45, 7) is 3.50. The number of hydrogen-bond donors (Lipinski definition) is 1. The van der Waals surface area contributed by atoms with E-state index in [2.05, 4.69) is 5.32 Å². The van der Waals surface area contributed by atoms with Gasteiger partial charge in [0, 0.05) is 11.3 Å². The molecular weight excluding hydrogens is 494 g/mol. The molecule has 1 amide bonds. The smallest absolute Gasteiger partial charge is 0.262 e. The first-order valence-corrected chi connectivity index (χ1v) is 12.4. The lowest BCUT2D eigenvalue weighted by atomic mass is 10.0. The van der Waals surface area contributed by atoms with E-state index in [1.807, 2.05) is 50.2 Å². The molecular formula is C32H27NO6. The van der Waals surface area contributed by atoms with E-state index in [1.54, 1.807) is 61.7 Å². The van der Waals surface area contributed by atoms with Crippen molar-refractivity contribution >= 4 is 22.6 Å². The molecule has 196 valence electrons. The van der Waals surface area contributed by atoms with E-state index >= 15 is 0 Å². The molecule has 0 aliphatic heterocycles. The highest BCUT2D eigenvalue weighted by Gasteiger charge is 2.20. The first-order valence-electron chi connectivity index (χ1n) is 12.4. The van der Waals surface area contributed by atoms with Gasteiger partial charge in [-0.25, -0.2) is 0 Å². The number of rotatable bonds is 8. The highest BCUT2D eigenvalue weighted by atomic mass is 16.5. The van der Waals surface area contributed by atoms with Crippen molar-refractivity contribution in [3.63, 3.8) is 0 Å². The van der Waals surface area contributed by atoms with Crippen LogP contribution in [0, 0.1) is 13.8 Å². The standard InChI is InChI=1S/C32H27NO6/c1-20-17-27-28(18-21(20)2)39-31(22-9-13-24(36-3)14-10-22)32(30(27)35)37-19-29(34)33-23-11-15-26(16-12-23)38-25-7-5-4-6-8-25/h4-18H,19H2,1-3H3,(H,33,34). The molecule has 0 saturated heterocycles. The van der Waals surface area contributed by atoms with Crippen LogP contribution in [0.5, 0.6) is 23.0 Å². The van der Waals surface area contributed by atoms with E-state index in [0.717, 1.165) is 16.9 Å². The van der Waals surface area contributed by atoms with Crippen molar-refractivity contribution in [3.05, 3.63) is 112 Å². The molecule has 0 unspecified atom stereocenters. The summed E-state index contributed by atoms with van der Waals surface area (Å²) >= 11 is 0. The first kappa shape index (κ1) is 25.6. The third-order valence-electron chi connectivity index (χ3n) is 6.28. The van der Waals surface area contributed by atoms with E-state index in [1.165, 1.54) is 0 Å². The highest BCUT2D eigenvalue weighted by molar-refractivity contribution is 5.92. The van der Waals surface area contributed by atoms with Gasteiger partial charge in [-0.1, -0.05) is 18.2 Å². The van der Waals surface area contributed by atoms with Gasteiger partial charge in [-0.3, -0.25) is 9.59 Å². The molecule has 0 saturated carbocycles. The molecule has 0 aliphatic rings. The van der Waals surface area contributed by atoms with Crippen molar-refractivity contribution < 1.29 is 23.4 Å². The van der Waals surface area contributed by atoms with Gasteiger partial charge in [-0.05, 0) is 97.8 Å². The van der Waals surface area contributed by atoms with E-state index in [0.29, 0.717) is 33.7 Å². The molecule has 0 radical (unpaired) electrons. The predicted molar refractivity (Wildman–Crippen MR) is 151 cm³/mol. The van der Waals surface area contributed by atoms with Crippen LogP contribution in [0.3, 0.4) is 0 Å². The van der Waals surface area contributed by atoms with Crippen LogP contribution in [0.1, 0.15) is 11.1 Å². The quantitative estimate of drug-likeness (QED) is 0.239. The van der Waals surface area contributed by atoms with Crippen LogP contribution in [0.4, 0.5) is 5.69 Å². The number of nitrogens with one attached hydrogen (secondary N) is 1. The molecule has 1 N–H and O–H groups in total. The Bertz CT molecular complexity index is 1670. The van der Waals surface area contributed by atoms with Crippen LogP contribution in [0.2, 0.25) is 0 Å². The Labute approximate surface area is 225 Å². The molecule has 0 aliphatic carbocycles. The number of para-hydroxylation sites is 1. The number of fused-ring (bicyclic) bond motifs is 1. The topological polar surface area (TPSA) is 87.0 Å². The van der Waals surface area contributed by atoms with Crippen LogP contribution in [-0.2, 0) is 4.79 Å². The van der Waals surface area contributed by atoms with Gasteiger partial charge in [0.05, 0.1) is 12.5 Å². The van der Waals surface area contributed by atoms with Crippen LogP contribution >= 0.6 is 0 Å². The molecule has 7 nitrogen and oxygen atoms in total. The summed E-state index contributed by atoms with van der Waals surface area (Å²) in [5.41, 5.74) is 3.24. The van der Waals surface area contributed by atoms with E-state index in [9.17, 15) is 9.59 Å². The molecule has 5 rings (SSSR count).